The minimum Gasteiger partial charge on any atom is -0.496 e. The van der Waals surface area contributed by atoms with Crippen molar-refractivity contribution in [2.75, 3.05) is 7.11 Å². The van der Waals surface area contributed by atoms with Gasteiger partial charge in [-0.2, -0.15) is 5.10 Å². The minimum atomic E-state index is 0.883. The van der Waals surface area contributed by atoms with Gasteiger partial charge in [-0.3, -0.25) is 5.10 Å². The first-order chi connectivity index (χ1) is 6.22. The maximum absolute atomic E-state index is 5.28. The van der Waals surface area contributed by atoms with Crippen LogP contribution >= 0.6 is 22.6 Å². The summed E-state index contributed by atoms with van der Waals surface area (Å²) in [6.45, 7) is 2.03. The van der Waals surface area contributed by atoms with Gasteiger partial charge in [0.2, 0.25) is 0 Å². The van der Waals surface area contributed by atoms with Gasteiger partial charge in [-0.15, -0.1) is 0 Å². The van der Waals surface area contributed by atoms with E-state index in [2.05, 4.69) is 32.8 Å². The first kappa shape index (κ1) is 8.80. The predicted octanol–water partition coefficient (Wildman–Crippen LogP) is 2.48. The van der Waals surface area contributed by atoms with Crippen molar-refractivity contribution in [3.63, 3.8) is 0 Å². The molecule has 1 aromatic carbocycles. The Morgan fingerprint density at radius 3 is 2.92 bits per heavy atom. The molecule has 0 aliphatic carbocycles. The lowest BCUT2D eigenvalue weighted by Crippen LogP contribution is -1.85. The molecule has 1 heterocycles. The molecule has 0 amide bonds. The van der Waals surface area contributed by atoms with Crippen molar-refractivity contribution in [3.8, 4) is 5.75 Å². The first-order valence-corrected chi connectivity index (χ1v) is 4.98. The van der Waals surface area contributed by atoms with Crippen molar-refractivity contribution in [3.05, 3.63) is 21.4 Å². The van der Waals surface area contributed by atoms with Crippen LogP contribution in [0.2, 0.25) is 0 Å². The molecule has 68 valence electrons. The largest absolute Gasteiger partial charge is 0.496 e. The average Bonchev–Trinajstić information content (AvgIpc) is 2.46. The first-order valence-electron chi connectivity index (χ1n) is 3.90. The zero-order valence-electron chi connectivity index (χ0n) is 7.39. The summed E-state index contributed by atoms with van der Waals surface area (Å²) in [4.78, 5) is 0. The number of aromatic amines is 1. The van der Waals surface area contributed by atoms with Crippen molar-refractivity contribution in [1.82, 2.24) is 10.2 Å². The molecule has 0 radical (unpaired) electrons. The Balaban J connectivity index is 2.85. The van der Waals surface area contributed by atoms with Crippen molar-refractivity contribution in [1.29, 1.82) is 0 Å². The molecule has 0 unspecified atom stereocenters. The highest BCUT2D eigenvalue weighted by Gasteiger charge is 2.08. The van der Waals surface area contributed by atoms with Crippen LogP contribution in [0, 0.1) is 10.6 Å². The average molecular weight is 288 g/mol. The number of hydrogen-bond acceptors (Lipinski definition) is 2. The van der Waals surface area contributed by atoms with E-state index in [9.17, 15) is 0 Å². The van der Waals surface area contributed by atoms with Gasteiger partial charge in [0.05, 0.1) is 18.0 Å². The molecule has 3 nitrogen and oxygen atoms in total. The third kappa shape index (κ3) is 1.39. The second-order valence-electron chi connectivity index (χ2n) is 2.90. The zero-order chi connectivity index (χ0) is 9.42. The standard InChI is InChI=1S/C9H9IN2O/c1-5-3-6-8(7(4-5)13-2)9(10)12-11-6/h3-4H,1-2H3,(H,11,12). The van der Waals surface area contributed by atoms with Crippen LogP contribution in [0.5, 0.6) is 5.75 Å². The molecule has 0 aliphatic rings. The van der Waals surface area contributed by atoms with Crippen molar-refractivity contribution < 1.29 is 4.74 Å². The number of nitrogens with zero attached hydrogens (tertiary/aromatic N) is 1. The van der Waals surface area contributed by atoms with Gasteiger partial charge in [0.15, 0.2) is 0 Å². The number of aromatic nitrogens is 2. The monoisotopic (exact) mass is 288 g/mol. The molecule has 1 N–H and O–H groups in total. The van der Waals surface area contributed by atoms with E-state index in [1.165, 1.54) is 0 Å². The fourth-order valence-corrected chi connectivity index (χ4v) is 2.03. The number of nitrogens with one attached hydrogen (secondary N) is 1. The van der Waals surface area contributed by atoms with E-state index in [0.717, 1.165) is 25.9 Å². The lowest BCUT2D eigenvalue weighted by Gasteiger charge is -2.02. The molecule has 0 spiro atoms. The van der Waals surface area contributed by atoms with Crippen LogP contribution in [-0.2, 0) is 0 Å². The predicted molar refractivity (Wildman–Crippen MR) is 60.1 cm³/mol. The molecular weight excluding hydrogens is 279 g/mol. The molecule has 0 saturated carbocycles. The van der Waals surface area contributed by atoms with Crippen LogP contribution in [0.3, 0.4) is 0 Å². The Hall–Kier alpha value is -0.780. The molecule has 0 saturated heterocycles. The van der Waals surface area contributed by atoms with Crippen molar-refractivity contribution in [2.45, 2.75) is 6.92 Å². The number of hydrogen-bond donors (Lipinski definition) is 1. The summed E-state index contributed by atoms with van der Waals surface area (Å²) >= 11 is 2.22. The Kier molecular flexibility index (Phi) is 2.15. The van der Waals surface area contributed by atoms with Gasteiger partial charge in [0.25, 0.3) is 0 Å². The number of halogens is 1. The van der Waals surface area contributed by atoms with Gasteiger partial charge in [0, 0.05) is 0 Å². The fraction of sp³-hybridized carbons (Fsp3) is 0.222. The third-order valence-corrected chi connectivity index (χ3v) is 2.72. The van der Waals surface area contributed by atoms with Crippen LogP contribution in [0.25, 0.3) is 10.9 Å². The highest BCUT2D eigenvalue weighted by molar-refractivity contribution is 14.1. The summed E-state index contributed by atoms with van der Waals surface area (Å²) in [6, 6.07) is 4.05. The highest BCUT2D eigenvalue weighted by Crippen LogP contribution is 2.29. The molecule has 13 heavy (non-hydrogen) atoms. The van der Waals surface area contributed by atoms with Gasteiger partial charge in [-0.1, -0.05) is 0 Å². The Morgan fingerprint density at radius 2 is 2.23 bits per heavy atom. The number of benzene rings is 1. The van der Waals surface area contributed by atoms with Gasteiger partial charge >= 0.3 is 0 Å². The Bertz CT molecular complexity index is 450. The van der Waals surface area contributed by atoms with Gasteiger partial charge in [-0.25, -0.2) is 0 Å². The van der Waals surface area contributed by atoms with Crippen molar-refractivity contribution >= 4 is 33.5 Å². The number of methoxy groups -OCH3 is 1. The van der Waals surface area contributed by atoms with Crippen LogP contribution in [0.1, 0.15) is 5.56 Å². The minimum absolute atomic E-state index is 0.883. The quantitative estimate of drug-likeness (QED) is 0.819. The molecule has 0 aliphatic heterocycles. The number of fused-ring (bicyclic) bond motifs is 1. The highest BCUT2D eigenvalue weighted by atomic mass is 127. The summed E-state index contributed by atoms with van der Waals surface area (Å²) in [5.74, 6) is 0.883. The Labute approximate surface area is 89.6 Å². The van der Waals surface area contributed by atoms with Gasteiger partial charge in [0.1, 0.15) is 9.45 Å². The second-order valence-corrected chi connectivity index (χ2v) is 3.98. The Morgan fingerprint density at radius 1 is 1.46 bits per heavy atom. The maximum Gasteiger partial charge on any atom is 0.131 e. The van der Waals surface area contributed by atoms with Crippen LogP contribution < -0.4 is 4.74 Å². The molecular formula is C9H9IN2O. The molecule has 0 bridgehead atoms. The van der Waals surface area contributed by atoms with Crippen LogP contribution in [-0.4, -0.2) is 17.3 Å². The summed E-state index contributed by atoms with van der Waals surface area (Å²) in [6.07, 6.45) is 0. The van der Waals surface area contributed by atoms with E-state index in [4.69, 9.17) is 4.74 Å². The van der Waals surface area contributed by atoms with E-state index >= 15 is 0 Å². The zero-order valence-corrected chi connectivity index (χ0v) is 9.55. The molecule has 0 atom stereocenters. The fourth-order valence-electron chi connectivity index (χ4n) is 1.37. The normalized spacial score (nSPS) is 10.7. The van der Waals surface area contributed by atoms with E-state index in [1.54, 1.807) is 7.11 Å². The third-order valence-electron chi connectivity index (χ3n) is 1.94. The van der Waals surface area contributed by atoms with Crippen LogP contribution in [0.4, 0.5) is 0 Å². The van der Waals surface area contributed by atoms with E-state index in [1.807, 2.05) is 19.1 Å². The van der Waals surface area contributed by atoms with Gasteiger partial charge in [-0.05, 0) is 47.2 Å². The molecule has 4 heteroatoms. The van der Waals surface area contributed by atoms with Crippen LogP contribution in [0.15, 0.2) is 12.1 Å². The number of aryl methyl sites for hydroxylation is 1. The molecule has 1 aromatic heterocycles. The smallest absolute Gasteiger partial charge is 0.131 e. The summed E-state index contributed by atoms with van der Waals surface area (Å²) in [7, 11) is 1.68. The number of H-pyrrole nitrogens is 1. The topological polar surface area (TPSA) is 37.9 Å². The molecule has 2 rings (SSSR count). The SMILES string of the molecule is COc1cc(C)cc2n[nH]c(I)c12. The van der Waals surface area contributed by atoms with E-state index in [0.29, 0.717) is 0 Å². The summed E-state index contributed by atoms with van der Waals surface area (Å²) in [5.41, 5.74) is 2.12. The maximum atomic E-state index is 5.28. The second kappa shape index (κ2) is 3.17. The summed E-state index contributed by atoms with van der Waals surface area (Å²) in [5, 5.41) is 8.17. The molecule has 2 aromatic rings. The van der Waals surface area contributed by atoms with Crippen molar-refractivity contribution in [2.24, 2.45) is 0 Å². The summed E-state index contributed by atoms with van der Waals surface area (Å²) < 4.78 is 6.30. The number of ether oxygens (including phenoxy) is 1. The lowest BCUT2D eigenvalue weighted by molar-refractivity contribution is 0.419. The lowest BCUT2D eigenvalue weighted by atomic mass is 10.2. The molecule has 0 fully saturated rings. The number of rotatable bonds is 1. The van der Waals surface area contributed by atoms with Gasteiger partial charge < -0.3 is 4.74 Å². The van der Waals surface area contributed by atoms with E-state index < -0.39 is 0 Å². The van der Waals surface area contributed by atoms with E-state index in [-0.39, 0.29) is 0 Å².